The molecular weight excluding hydrogens is 410 g/mol. The quantitative estimate of drug-likeness (QED) is 0.332. The molecule has 5 nitrogen and oxygen atoms in total. The van der Waals surface area contributed by atoms with Gasteiger partial charge in [0.15, 0.2) is 0 Å². The molecule has 3 aromatic carbocycles. The number of likely N-dealkylation sites (N-methyl/N-ethyl adjacent to an activating group) is 1. The van der Waals surface area contributed by atoms with Crippen LogP contribution in [0, 0.1) is 6.92 Å². The van der Waals surface area contributed by atoms with Crippen LogP contribution in [0.4, 0.5) is 5.69 Å². The summed E-state index contributed by atoms with van der Waals surface area (Å²) in [5.41, 5.74) is 5.01. The van der Waals surface area contributed by atoms with E-state index in [0.29, 0.717) is 19.1 Å². The van der Waals surface area contributed by atoms with Crippen LogP contribution < -0.4 is 9.64 Å². The zero-order valence-corrected chi connectivity index (χ0v) is 19.8. The number of aromatic nitrogens is 2. The number of ether oxygens (including phenoxy) is 1. The predicted molar refractivity (Wildman–Crippen MR) is 134 cm³/mol. The van der Waals surface area contributed by atoms with E-state index in [0.717, 1.165) is 33.9 Å². The topological polar surface area (TPSA) is 47.4 Å². The Hall–Kier alpha value is -3.60. The summed E-state index contributed by atoms with van der Waals surface area (Å²) >= 11 is 0. The molecule has 0 unspecified atom stereocenters. The highest BCUT2D eigenvalue weighted by Gasteiger charge is 2.19. The maximum absolute atomic E-state index is 13.3. The smallest absolute Gasteiger partial charge is 0.246 e. The number of amides is 1. The number of hydrogen-bond acceptors (Lipinski definition) is 3. The Labute approximate surface area is 195 Å². The Balaban J connectivity index is 1.64. The van der Waals surface area contributed by atoms with E-state index in [1.807, 2.05) is 66.1 Å². The molecule has 0 saturated heterocycles. The maximum Gasteiger partial charge on any atom is 0.246 e. The summed E-state index contributed by atoms with van der Waals surface area (Å²) < 4.78 is 8.26. The van der Waals surface area contributed by atoms with Gasteiger partial charge in [-0.25, -0.2) is 4.98 Å². The second-order valence-corrected chi connectivity index (χ2v) is 8.56. The number of fused-ring (bicyclic) bond motifs is 1. The Bertz CT molecular complexity index is 1240. The number of nitrogens with zero attached hydrogens (tertiary/aromatic N) is 3. The third-order valence-electron chi connectivity index (χ3n) is 5.86. The van der Waals surface area contributed by atoms with Crippen molar-refractivity contribution in [3.63, 3.8) is 0 Å². The molecule has 0 radical (unpaired) electrons. The molecule has 0 atom stereocenters. The maximum atomic E-state index is 13.3. The molecule has 0 bridgehead atoms. The van der Waals surface area contributed by atoms with Gasteiger partial charge in [0.05, 0.1) is 11.0 Å². The molecule has 170 valence electrons. The number of anilines is 1. The lowest BCUT2D eigenvalue weighted by atomic mass is 10.0. The summed E-state index contributed by atoms with van der Waals surface area (Å²) in [6.45, 7) is 9.47. The zero-order valence-electron chi connectivity index (χ0n) is 19.8. The van der Waals surface area contributed by atoms with E-state index in [1.54, 1.807) is 4.90 Å². The first-order valence-corrected chi connectivity index (χ1v) is 11.5. The number of carbonyl (C=O) groups is 1. The van der Waals surface area contributed by atoms with E-state index < -0.39 is 0 Å². The van der Waals surface area contributed by atoms with Gasteiger partial charge in [-0.3, -0.25) is 4.79 Å². The predicted octanol–water partition coefficient (Wildman–Crippen LogP) is 6.10. The van der Waals surface area contributed by atoms with Crippen LogP contribution in [-0.2, 0) is 17.9 Å². The summed E-state index contributed by atoms with van der Waals surface area (Å²) in [6.07, 6.45) is 0. The summed E-state index contributed by atoms with van der Waals surface area (Å²) in [6, 6.07) is 24.0. The number of rotatable bonds is 8. The van der Waals surface area contributed by atoms with Crippen LogP contribution in [0.1, 0.15) is 43.6 Å². The van der Waals surface area contributed by atoms with Crippen molar-refractivity contribution in [3.05, 3.63) is 89.7 Å². The zero-order chi connectivity index (χ0) is 23.4. The Morgan fingerprint density at radius 3 is 2.48 bits per heavy atom. The minimum atomic E-state index is 0.0199. The molecule has 1 aromatic heterocycles. The lowest BCUT2D eigenvalue weighted by Gasteiger charge is -2.22. The summed E-state index contributed by atoms with van der Waals surface area (Å²) in [7, 11) is 0. The minimum absolute atomic E-state index is 0.0199. The van der Waals surface area contributed by atoms with Gasteiger partial charge in [0.1, 0.15) is 24.7 Å². The highest BCUT2D eigenvalue weighted by Crippen LogP contribution is 2.28. The lowest BCUT2D eigenvalue weighted by molar-refractivity contribution is -0.119. The van der Waals surface area contributed by atoms with Gasteiger partial charge in [-0.2, -0.15) is 0 Å². The molecule has 4 aromatic rings. The molecule has 0 aliphatic rings. The van der Waals surface area contributed by atoms with E-state index in [2.05, 4.69) is 39.0 Å². The van der Waals surface area contributed by atoms with Crippen molar-refractivity contribution in [2.24, 2.45) is 0 Å². The molecule has 1 heterocycles. The number of benzene rings is 3. The van der Waals surface area contributed by atoms with Gasteiger partial charge in [-0.15, -0.1) is 0 Å². The second-order valence-electron chi connectivity index (χ2n) is 8.56. The molecular formula is C28H31N3O2. The highest BCUT2D eigenvalue weighted by molar-refractivity contribution is 5.94. The first-order chi connectivity index (χ1) is 16.0. The summed E-state index contributed by atoms with van der Waals surface area (Å²) in [5.74, 6) is 1.98. The molecule has 33 heavy (non-hydrogen) atoms. The van der Waals surface area contributed by atoms with E-state index in [1.165, 1.54) is 5.56 Å². The van der Waals surface area contributed by atoms with Crippen LogP contribution >= 0.6 is 0 Å². The molecule has 4 rings (SSSR count). The highest BCUT2D eigenvalue weighted by atomic mass is 16.5. The molecule has 0 fully saturated rings. The van der Waals surface area contributed by atoms with Crippen LogP contribution in [0.2, 0.25) is 0 Å². The van der Waals surface area contributed by atoms with E-state index in [4.69, 9.17) is 9.72 Å². The van der Waals surface area contributed by atoms with Crippen molar-refractivity contribution in [1.29, 1.82) is 0 Å². The summed E-state index contributed by atoms with van der Waals surface area (Å²) in [4.78, 5) is 19.9. The number of hydrogen-bond donors (Lipinski definition) is 0. The van der Waals surface area contributed by atoms with Crippen LogP contribution in [0.3, 0.4) is 0 Å². The van der Waals surface area contributed by atoms with Crippen LogP contribution in [0.15, 0.2) is 72.8 Å². The number of carbonyl (C=O) groups excluding carboxylic acids is 1. The molecule has 5 heteroatoms. The van der Waals surface area contributed by atoms with Crippen LogP contribution in [0.5, 0.6) is 5.75 Å². The van der Waals surface area contributed by atoms with Crippen molar-refractivity contribution >= 4 is 22.6 Å². The lowest BCUT2D eigenvalue weighted by Crippen LogP contribution is -2.34. The van der Waals surface area contributed by atoms with Gasteiger partial charge < -0.3 is 14.2 Å². The van der Waals surface area contributed by atoms with Crippen LogP contribution in [-0.4, -0.2) is 22.0 Å². The molecule has 0 spiro atoms. The molecule has 0 aliphatic heterocycles. The third kappa shape index (κ3) is 4.92. The van der Waals surface area contributed by atoms with E-state index in [9.17, 15) is 4.79 Å². The Morgan fingerprint density at radius 2 is 1.76 bits per heavy atom. The van der Waals surface area contributed by atoms with Gasteiger partial charge in [0, 0.05) is 12.2 Å². The Kier molecular flexibility index (Phi) is 6.78. The fraction of sp³-hybridized carbons (Fsp3) is 0.286. The van der Waals surface area contributed by atoms with Crippen molar-refractivity contribution < 1.29 is 9.53 Å². The number of para-hydroxylation sites is 3. The fourth-order valence-corrected chi connectivity index (χ4v) is 4.13. The van der Waals surface area contributed by atoms with Crippen LogP contribution in [0.25, 0.3) is 11.0 Å². The average Bonchev–Trinajstić information content (AvgIpc) is 3.16. The molecule has 1 amide bonds. The monoisotopic (exact) mass is 441 g/mol. The fourth-order valence-electron chi connectivity index (χ4n) is 4.13. The van der Waals surface area contributed by atoms with Gasteiger partial charge in [-0.1, -0.05) is 56.3 Å². The normalized spacial score (nSPS) is 11.2. The third-order valence-corrected chi connectivity index (χ3v) is 5.86. The Morgan fingerprint density at radius 1 is 1.03 bits per heavy atom. The second kappa shape index (κ2) is 9.90. The first-order valence-electron chi connectivity index (χ1n) is 11.5. The van der Waals surface area contributed by atoms with Gasteiger partial charge in [0.25, 0.3) is 0 Å². The van der Waals surface area contributed by atoms with Crippen molar-refractivity contribution in [3.8, 4) is 5.75 Å². The largest absolute Gasteiger partial charge is 0.485 e. The van der Waals surface area contributed by atoms with Crippen molar-refractivity contribution in [1.82, 2.24) is 9.55 Å². The summed E-state index contributed by atoms with van der Waals surface area (Å²) in [5, 5.41) is 0. The van der Waals surface area contributed by atoms with Gasteiger partial charge in [0.2, 0.25) is 5.91 Å². The van der Waals surface area contributed by atoms with Crippen molar-refractivity contribution in [2.45, 2.75) is 46.8 Å². The van der Waals surface area contributed by atoms with Gasteiger partial charge in [-0.05, 0) is 61.2 Å². The standard InChI is InChI=1S/C28H31N3O2/c1-5-30(22-11-7-6-8-12-22)28(32)18-31-25-14-10-9-13-24(25)29-27(31)19-33-26-17-21(4)15-16-23(26)20(2)3/h6-17,20H,5,18-19H2,1-4H3. The first kappa shape index (κ1) is 22.6. The van der Waals surface area contributed by atoms with E-state index >= 15 is 0 Å². The average molecular weight is 442 g/mol. The SMILES string of the molecule is CCN(C(=O)Cn1c(COc2cc(C)ccc2C(C)C)nc2ccccc21)c1ccccc1. The number of imidazole rings is 1. The molecule has 0 saturated carbocycles. The molecule has 0 aliphatic carbocycles. The molecule has 0 N–H and O–H groups in total. The minimum Gasteiger partial charge on any atom is -0.485 e. The van der Waals surface area contributed by atoms with E-state index in [-0.39, 0.29) is 12.5 Å². The van der Waals surface area contributed by atoms with Gasteiger partial charge >= 0.3 is 0 Å². The number of aryl methyl sites for hydroxylation is 1. The van der Waals surface area contributed by atoms with Crippen molar-refractivity contribution in [2.75, 3.05) is 11.4 Å².